The summed E-state index contributed by atoms with van der Waals surface area (Å²) in [6, 6.07) is 7.36. The highest BCUT2D eigenvalue weighted by atomic mass is 79.9. The van der Waals surface area contributed by atoms with Crippen molar-refractivity contribution in [3.8, 4) is 11.9 Å². The number of nitrogens with zero attached hydrogens (tertiary/aromatic N) is 5. The Hall–Kier alpha value is -2.60. The van der Waals surface area contributed by atoms with Crippen molar-refractivity contribution in [2.75, 3.05) is 33.1 Å². The minimum Gasteiger partial charge on any atom is -0.468 e. The molecule has 0 aromatic carbocycles. The number of hydrogen-bond donors (Lipinski definition) is 1. The molecular formula is C15H17BrN6O2. The number of rotatable bonds is 6. The molecule has 0 unspecified atom stereocenters. The van der Waals surface area contributed by atoms with Gasteiger partial charge in [0.25, 0.3) is 5.91 Å². The van der Waals surface area contributed by atoms with Gasteiger partial charge in [0.2, 0.25) is 5.88 Å². The van der Waals surface area contributed by atoms with E-state index in [0.717, 1.165) is 0 Å². The average Bonchev–Trinajstić information content (AvgIpc) is 2.88. The summed E-state index contributed by atoms with van der Waals surface area (Å²) < 4.78 is 7.73. The molecule has 0 aliphatic carbocycles. The summed E-state index contributed by atoms with van der Waals surface area (Å²) in [5.74, 6) is 0.821. The number of likely N-dealkylation sites (N-methyl/N-ethyl adjacent to an activating group) is 1. The number of carbonyl (C=O) groups excluding carboxylic acids is 1. The molecule has 8 nitrogen and oxygen atoms in total. The number of halogens is 1. The summed E-state index contributed by atoms with van der Waals surface area (Å²) in [4.78, 5) is 21.5. The molecule has 126 valence electrons. The van der Waals surface area contributed by atoms with E-state index >= 15 is 0 Å². The zero-order chi connectivity index (χ0) is 17.7. The van der Waals surface area contributed by atoms with Crippen molar-refractivity contribution < 1.29 is 9.53 Å². The van der Waals surface area contributed by atoms with E-state index in [2.05, 4.69) is 31.2 Å². The Bertz CT molecular complexity index is 781. The predicted octanol–water partition coefficient (Wildman–Crippen LogP) is 1.47. The summed E-state index contributed by atoms with van der Waals surface area (Å²) in [6.07, 6.45) is 0. The molecule has 0 radical (unpaired) electrons. The zero-order valence-electron chi connectivity index (χ0n) is 13.6. The van der Waals surface area contributed by atoms with Gasteiger partial charge in [0.15, 0.2) is 17.0 Å². The van der Waals surface area contributed by atoms with Crippen LogP contribution < -0.4 is 10.1 Å². The number of ether oxygens (including phenoxy) is 1. The van der Waals surface area contributed by atoms with Gasteiger partial charge in [-0.15, -0.1) is 0 Å². The number of anilines is 1. The molecule has 0 bridgehead atoms. The van der Waals surface area contributed by atoms with Gasteiger partial charge < -0.3 is 15.0 Å². The molecule has 2 rings (SSSR count). The summed E-state index contributed by atoms with van der Waals surface area (Å²) in [5.41, 5.74) is 1.01. The largest absolute Gasteiger partial charge is 0.468 e. The van der Waals surface area contributed by atoms with Gasteiger partial charge in [-0.3, -0.25) is 9.36 Å². The molecule has 0 atom stereocenters. The third-order valence-corrected chi connectivity index (χ3v) is 3.81. The molecule has 0 saturated heterocycles. The Morgan fingerprint density at radius 1 is 1.46 bits per heavy atom. The molecule has 9 heteroatoms. The van der Waals surface area contributed by atoms with E-state index in [9.17, 15) is 4.79 Å². The van der Waals surface area contributed by atoms with Crippen LogP contribution in [0.1, 0.15) is 11.4 Å². The Balaban J connectivity index is 2.17. The lowest BCUT2D eigenvalue weighted by Crippen LogP contribution is -2.27. The number of pyridine rings is 1. The van der Waals surface area contributed by atoms with Gasteiger partial charge in [0.1, 0.15) is 11.9 Å². The summed E-state index contributed by atoms with van der Waals surface area (Å²) in [7, 11) is 5.05. The molecule has 2 heterocycles. The van der Waals surface area contributed by atoms with Gasteiger partial charge in [0.05, 0.1) is 12.2 Å². The first kappa shape index (κ1) is 17.7. The fourth-order valence-corrected chi connectivity index (χ4v) is 2.43. The van der Waals surface area contributed by atoms with Crippen LogP contribution in [0.15, 0.2) is 22.9 Å². The summed E-state index contributed by atoms with van der Waals surface area (Å²) in [5, 5.41) is 12.1. The van der Waals surface area contributed by atoms with E-state index in [4.69, 9.17) is 10.00 Å². The number of nitriles is 1. The van der Waals surface area contributed by atoms with E-state index in [-0.39, 0.29) is 12.5 Å². The van der Waals surface area contributed by atoms with Gasteiger partial charge in [-0.25, -0.2) is 9.97 Å². The SMILES string of the molecule is CNc1c(C#N)nc(Br)n1Cc1cccc(OCC(=O)N(C)C)n1. The molecule has 2 aromatic rings. The van der Waals surface area contributed by atoms with Crippen LogP contribution in [0.5, 0.6) is 5.88 Å². The topological polar surface area (TPSA) is 96.1 Å². The van der Waals surface area contributed by atoms with Crippen LogP contribution in [0, 0.1) is 11.3 Å². The van der Waals surface area contributed by atoms with Crippen LogP contribution in [0.3, 0.4) is 0 Å². The first-order valence-electron chi connectivity index (χ1n) is 7.09. The van der Waals surface area contributed by atoms with Crippen LogP contribution in [0.2, 0.25) is 0 Å². The van der Waals surface area contributed by atoms with Gasteiger partial charge in [-0.1, -0.05) is 6.07 Å². The highest BCUT2D eigenvalue weighted by Crippen LogP contribution is 2.22. The molecule has 0 fully saturated rings. The van der Waals surface area contributed by atoms with Crippen molar-refractivity contribution in [2.24, 2.45) is 0 Å². The highest BCUT2D eigenvalue weighted by Gasteiger charge is 2.15. The second-order valence-corrected chi connectivity index (χ2v) is 5.78. The van der Waals surface area contributed by atoms with Crippen molar-refractivity contribution in [1.82, 2.24) is 19.4 Å². The molecule has 1 N–H and O–H groups in total. The first-order valence-corrected chi connectivity index (χ1v) is 7.88. The Morgan fingerprint density at radius 3 is 2.83 bits per heavy atom. The fraction of sp³-hybridized carbons (Fsp3) is 0.333. The third-order valence-electron chi connectivity index (χ3n) is 3.21. The van der Waals surface area contributed by atoms with Gasteiger partial charge in [-0.2, -0.15) is 5.26 Å². The number of aromatic nitrogens is 3. The smallest absolute Gasteiger partial charge is 0.260 e. The number of nitrogens with one attached hydrogen (secondary N) is 1. The van der Waals surface area contributed by atoms with Crippen molar-refractivity contribution in [3.63, 3.8) is 0 Å². The molecule has 0 spiro atoms. The van der Waals surface area contributed by atoms with E-state index in [1.54, 1.807) is 37.8 Å². The lowest BCUT2D eigenvalue weighted by Gasteiger charge is -2.12. The second kappa shape index (κ2) is 7.79. The number of carbonyl (C=O) groups is 1. The fourth-order valence-electron chi connectivity index (χ4n) is 1.95. The van der Waals surface area contributed by atoms with Crippen molar-refractivity contribution >= 4 is 27.7 Å². The Kier molecular flexibility index (Phi) is 5.76. The van der Waals surface area contributed by atoms with E-state index in [1.807, 2.05) is 12.1 Å². The minimum atomic E-state index is -0.143. The molecule has 0 aliphatic rings. The zero-order valence-corrected chi connectivity index (χ0v) is 15.2. The quantitative estimate of drug-likeness (QED) is 0.799. The summed E-state index contributed by atoms with van der Waals surface area (Å²) >= 11 is 3.34. The third kappa shape index (κ3) is 4.02. The predicted molar refractivity (Wildman–Crippen MR) is 91.7 cm³/mol. The molecular weight excluding hydrogens is 376 g/mol. The number of imidazole rings is 1. The van der Waals surface area contributed by atoms with E-state index in [0.29, 0.717) is 34.4 Å². The molecule has 0 saturated carbocycles. The van der Waals surface area contributed by atoms with Crippen LogP contribution in [-0.2, 0) is 11.3 Å². The standard InChI is InChI=1S/C15H17BrN6O2/c1-18-14-11(7-17)20-15(16)22(14)8-10-5-4-6-12(19-10)24-9-13(23)21(2)3/h4-6,18H,8-9H2,1-3H3. The average molecular weight is 393 g/mol. The molecule has 0 aliphatic heterocycles. The van der Waals surface area contributed by atoms with Crippen molar-refractivity contribution in [1.29, 1.82) is 5.26 Å². The Labute approximate surface area is 148 Å². The van der Waals surface area contributed by atoms with Crippen molar-refractivity contribution in [3.05, 3.63) is 34.3 Å². The van der Waals surface area contributed by atoms with Gasteiger partial charge in [0, 0.05) is 27.2 Å². The number of amides is 1. The van der Waals surface area contributed by atoms with Gasteiger partial charge in [-0.05, 0) is 22.0 Å². The van der Waals surface area contributed by atoms with Crippen LogP contribution in [0.4, 0.5) is 5.82 Å². The molecule has 1 amide bonds. The summed E-state index contributed by atoms with van der Waals surface area (Å²) in [6.45, 7) is 0.322. The monoisotopic (exact) mass is 392 g/mol. The van der Waals surface area contributed by atoms with E-state index in [1.165, 1.54) is 4.90 Å². The van der Waals surface area contributed by atoms with Gasteiger partial charge >= 0.3 is 0 Å². The second-order valence-electron chi connectivity index (χ2n) is 5.07. The normalized spacial score (nSPS) is 10.1. The number of hydrogen-bond acceptors (Lipinski definition) is 6. The maximum Gasteiger partial charge on any atom is 0.260 e. The van der Waals surface area contributed by atoms with Crippen molar-refractivity contribution in [2.45, 2.75) is 6.54 Å². The highest BCUT2D eigenvalue weighted by molar-refractivity contribution is 9.10. The molecule has 24 heavy (non-hydrogen) atoms. The lowest BCUT2D eigenvalue weighted by atomic mass is 10.3. The first-order chi connectivity index (χ1) is 11.5. The Morgan fingerprint density at radius 2 is 2.21 bits per heavy atom. The van der Waals surface area contributed by atoms with Crippen LogP contribution in [0.25, 0.3) is 0 Å². The molecule has 2 aromatic heterocycles. The van der Waals surface area contributed by atoms with E-state index < -0.39 is 0 Å². The maximum atomic E-state index is 11.6. The van der Waals surface area contributed by atoms with Crippen LogP contribution in [-0.4, -0.2) is 53.1 Å². The maximum absolute atomic E-state index is 11.6. The minimum absolute atomic E-state index is 0.0709. The lowest BCUT2D eigenvalue weighted by molar-refractivity contribution is -0.130. The van der Waals surface area contributed by atoms with Crippen LogP contribution >= 0.6 is 15.9 Å².